The molecular weight excluding hydrogens is 320 g/mol. The summed E-state index contributed by atoms with van der Waals surface area (Å²) in [5.74, 6) is -0.730. The molecule has 1 heterocycles. The molecule has 6 nitrogen and oxygen atoms in total. The number of para-hydroxylation sites is 1. The number of anilines is 1. The first-order valence-corrected chi connectivity index (χ1v) is 8.77. The Morgan fingerprint density at radius 2 is 2.04 bits per heavy atom. The van der Waals surface area contributed by atoms with Crippen molar-refractivity contribution in [1.82, 2.24) is 4.90 Å². The molecule has 0 spiro atoms. The van der Waals surface area contributed by atoms with E-state index in [4.69, 9.17) is 9.84 Å². The summed E-state index contributed by atoms with van der Waals surface area (Å²) < 4.78 is 5.84. The zero-order valence-corrected chi connectivity index (χ0v) is 15.3. The number of rotatable bonds is 7. The number of nitrogens with zero attached hydrogens (tertiary/aromatic N) is 2. The van der Waals surface area contributed by atoms with Crippen LogP contribution in [0.4, 0.5) is 5.69 Å². The molecule has 25 heavy (non-hydrogen) atoms. The Labute approximate surface area is 149 Å². The zero-order valence-electron chi connectivity index (χ0n) is 15.3. The fourth-order valence-electron chi connectivity index (χ4n) is 3.54. The minimum Gasteiger partial charge on any atom is -0.481 e. The maximum absolute atomic E-state index is 12.7. The number of carboxylic acids is 1. The van der Waals surface area contributed by atoms with E-state index in [-0.39, 0.29) is 18.4 Å². The van der Waals surface area contributed by atoms with Crippen molar-refractivity contribution in [3.05, 3.63) is 30.3 Å². The number of aliphatic carboxylic acids is 1. The highest BCUT2D eigenvalue weighted by atomic mass is 16.5. The van der Waals surface area contributed by atoms with Crippen LogP contribution in [-0.2, 0) is 14.3 Å². The summed E-state index contributed by atoms with van der Waals surface area (Å²) in [6, 6.07) is 9.59. The first-order chi connectivity index (χ1) is 11.9. The predicted octanol–water partition coefficient (Wildman–Crippen LogP) is 2.38. The summed E-state index contributed by atoms with van der Waals surface area (Å²) in [6.07, 6.45) is 1.28. The molecule has 0 saturated carbocycles. The lowest BCUT2D eigenvalue weighted by molar-refractivity contribution is -0.138. The summed E-state index contributed by atoms with van der Waals surface area (Å²) in [5.41, 5.74) is 0.318. The molecule has 1 aliphatic heterocycles. The van der Waals surface area contributed by atoms with Gasteiger partial charge in [-0.1, -0.05) is 25.1 Å². The lowest BCUT2D eigenvalue weighted by Gasteiger charge is -2.49. The quantitative estimate of drug-likeness (QED) is 0.819. The van der Waals surface area contributed by atoms with E-state index in [2.05, 4.69) is 4.90 Å². The Morgan fingerprint density at radius 3 is 2.60 bits per heavy atom. The van der Waals surface area contributed by atoms with Gasteiger partial charge in [0.2, 0.25) is 5.91 Å². The minimum absolute atomic E-state index is 0.0680. The molecule has 0 aliphatic carbocycles. The topological polar surface area (TPSA) is 70.1 Å². The van der Waals surface area contributed by atoms with E-state index in [1.807, 2.05) is 49.1 Å². The van der Waals surface area contributed by atoms with Crippen molar-refractivity contribution in [3.63, 3.8) is 0 Å². The van der Waals surface area contributed by atoms with Crippen molar-refractivity contribution in [2.45, 2.75) is 44.8 Å². The minimum atomic E-state index is -0.798. The van der Waals surface area contributed by atoms with Crippen molar-refractivity contribution in [3.8, 4) is 0 Å². The summed E-state index contributed by atoms with van der Waals surface area (Å²) in [4.78, 5) is 27.5. The second kappa shape index (κ2) is 8.45. The molecule has 6 heteroatoms. The Balaban J connectivity index is 2.25. The highest BCUT2D eigenvalue weighted by Gasteiger charge is 2.44. The number of piperidine rings is 1. The van der Waals surface area contributed by atoms with Gasteiger partial charge in [-0.2, -0.15) is 0 Å². The van der Waals surface area contributed by atoms with Crippen LogP contribution in [-0.4, -0.2) is 60.3 Å². The summed E-state index contributed by atoms with van der Waals surface area (Å²) >= 11 is 0. The molecular formula is C19H28N2O4. The van der Waals surface area contributed by atoms with Crippen LogP contribution in [0.5, 0.6) is 0 Å². The summed E-state index contributed by atoms with van der Waals surface area (Å²) in [6.45, 7) is 5.71. The van der Waals surface area contributed by atoms with Crippen LogP contribution in [0.15, 0.2) is 30.3 Å². The number of ether oxygens (including phenoxy) is 1. The molecule has 1 N–H and O–H groups in total. The molecule has 2 rings (SSSR count). The van der Waals surface area contributed by atoms with Crippen LogP contribution in [0.1, 0.15) is 33.1 Å². The number of carbonyl (C=O) groups is 2. The third-order valence-corrected chi connectivity index (χ3v) is 4.99. The van der Waals surface area contributed by atoms with Crippen LogP contribution in [0, 0.1) is 0 Å². The highest BCUT2D eigenvalue weighted by molar-refractivity contribution is 5.94. The number of methoxy groups -OCH3 is 1. The predicted molar refractivity (Wildman–Crippen MR) is 96.7 cm³/mol. The van der Waals surface area contributed by atoms with Gasteiger partial charge in [-0.3, -0.25) is 14.5 Å². The van der Waals surface area contributed by atoms with Crippen molar-refractivity contribution in [2.75, 3.05) is 31.6 Å². The van der Waals surface area contributed by atoms with E-state index in [9.17, 15) is 9.59 Å². The standard InChI is InChI=1S/C19H28N2O4/c1-4-17(22)21(15-8-6-5-7-9-15)16-10-12-20(13-11-18(23)24)14-19(16,2)25-3/h5-9,16H,4,10-14H2,1-3H3,(H,23,24). The molecule has 138 valence electrons. The van der Waals surface area contributed by atoms with Crippen LogP contribution in [0.25, 0.3) is 0 Å². The molecule has 2 unspecified atom stereocenters. The van der Waals surface area contributed by atoms with Crippen LogP contribution >= 0.6 is 0 Å². The third-order valence-electron chi connectivity index (χ3n) is 4.99. The number of likely N-dealkylation sites (tertiary alicyclic amines) is 1. The van der Waals surface area contributed by atoms with Gasteiger partial charge in [0.05, 0.1) is 18.1 Å². The number of carboxylic acid groups (broad SMARTS) is 1. The van der Waals surface area contributed by atoms with Gasteiger partial charge in [-0.15, -0.1) is 0 Å². The first-order valence-electron chi connectivity index (χ1n) is 8.77. The summed E-state index contributed by atoms with van der Waals surface area (Å²) in [7, 11) is 1.66. The monoisotopic (exact) mass is 348 g/mol. The normalized spacial score (nSPS) is 24.0. The zero-order chi connectivity index (χ0) is 18.4. The fraction of sp³-hybridized carbons (Fsp3) is 0.579. The van der Waals surface area contributed by atoms with Gasteiger partial charge < -0.3 is 14.7 Å². The van der Waals surface area contributed by atoms with Crippen molar-refractivity contribution < 1.29 is 19.4 Å². The van der Waals surface area contributed by atoms with E-state index < -0.39 is 11.6 Å². The molecule has 1 fully saturated rings. The van der Waals surface area contributed by atoms with E-state index in [0.29, 0.717) is 19.5 Å². The molecule has 0 bridgehead atoms. The molecule has 0 radical (unpaired) electrons. The lowest BCUT2D eigenvalue weighted by Crippen LogP contribution is -2.63. The molecule has 1 saturated heterocycles. The molecule has 1 aliphatic rings. The smallest absolute Gasteiger partial charge is 0.304 e. The van der Waals surface area contributed by atoms with Crippen molar-refractivity contribution in [2.24, 2.45) is 0 Å². The van der Waals surface area contributed by atoms with Gasteiger partial charge in [0.15, 0.2) is 0 Å². The van der Waals surface area contributed by atoms with Gasteiger partial charge in [0.25, 0.3) is 0 Å². The highest BCUT2D eigenvalue weighted by Crippen LogP contribution is 2.32. The van der Waals surface area contributed by atoms with Gasteiger partial charge in [-0.05, 0) is 25.5 Å². The van der Waals surface area contributed by atoms with Crippen molar-refractivity contribution in [1.29, 1.82) is 0 Å². The van der Waals surface area contributed by atoms with Gasteiger partial charge in [0, 0.05) is 38.9 Å². The molecule has 1 aromatic carbocycles. The number of hydrogen-bond acceptors (Lipinski definition) is 4. The fourth-order valence-corrected chi connectivity index (χ4v) is 3.54. The van der Waals surface area contributed by atoms with Crippen LogP contribution < -0.4 is 4.90 Å². The Morgan fingerprint density at radius 1 is 1.36 bits per heavy atom. The van der Waals surface area contributed by atoms with E-state index in [1.54, 1.807) is 7.11 Å². The van der Waals surface area contributed by atoms with Crippen LogP contribution in [0.3, 0.4) is 0 Å². The second-order valence-corrected chi connectivity index (χ2v) is 6.69. The average molecular weight is 348 g/mol. The van der Waals surface area contributed by atoms with Gasteiger partial charge in [-0.25, -0.2) is 0 Å². The Kier molecular flexibility index (Phi) is 6.56. The molecule has 1 aromatic rings. The lowest BCUT2D eigenvalue weighted by atomic mass is 9.86. The van der Waals surface area contributed by atoms with E-state index >= 15 is 0 Å². The molecule has 2 atom stereocenters. The SMILES string of the molecule is CCC(=O)N(c1ccccc1)C1CCN(CCC(=O)O)CC1(C)OC. The largest absolute Gasteiger partial charge is 0.481 e. The second-order valence-electron chi connectivity index (χ2n) is 6.69. The number of benzene rings is 1. The van der Waals surface area contributed by atoms with E-state index in [0.717, 1.165) is 18.7 Å². The van der Waals surface area contributed by atoms with Crippen LogP contribution in [0.2, 0.25) is 0 Å². The van der Waals surface area contributed by atoms with Gasteiger partial charge in [0.1, 0.15) is 0 Å². The third kappa shape index (κ3) is 4.58. The average Bonchev–Trinajstić information content (AvgIpc) is 2.62. The summed E-state index contributed by atoms with van der Waals surface area (Å²) in [5, 5.41) is 8.91. The maximum atomic E-state index is 12.7. The van der Waals surface area contributed by atoms with E-state index in [1.165, 1.54) is 0 Å². The number of amides is 1. The Hall–Kier alpha value is -1.92. The van der Waals surface area contributed by atoms with Gasteiger partial charge >= 0.3 is 5.97 Å². The van der Waals surface area contributed by atoms with Crippen molar-refractivity contribution >= 4 is 17.6 Å². The number of carbonyl (C=O) groups excluding carboxylic acids is 1. The first kappa shape index (κ1) is 19.4. The maximum Gasteiger partial charge on any atom is 0.304 e. The number of hydrogen-bond donors (Lipinski definition) is 1. The molecule has 1 amide bonds. The Bertz CT molecular complexity index is 592. The molecule has 0 aromatic heterocycles.